The number of nitrogens with zero attached hydrogens (tertiary/aromatic N) is 1. The Morgan fingerprint density at radius 2 is 1.73 bits per heavy atom. The Hall–Kier alpha value is -1.06. The smallest absolute Gasteiger partial charge is 0.265 e. The molecule has 0 N–H and O–H groups in total. The van der Waals surface area contributed by atoms with Gasteiger partial charge in [-0.1, -0.05) is 0 Å². The lowest BCUT2D eigenvalue weighted by molar-refractivity contribution is -0.0927. The Balaban J connectivity index is 2.66. The zero-order chi connectivity index (χ0) is 8.32. The average molecular weight is 160 g/mol. The quantitative estimate of drug-likeness (QED) is 0.613. The van der Waals surface area contributed by atoms with Crippen molar-refractivity contribution in [1.29, 1.82) is 0 Å². The van der Waals surface area contributed by atoms with Crippen LogP contribution in [-0.4, -0.2) is 11.2 Å². The molecular weight excluding hydrogens is 155 g/mol. The second-order valence-electron chi connectivity index (χ2n) is 1.97. The number of halogens is 3. The van der Waals surface area contributed by atoms with Crippen molar-refractivity contribution in [3.63, 3.8) is 0 Å². The minimum absolute atomic E-state index is 0.118. The van der Waals surface area contributed by atoms with E-state index in [0.29, 0.717) is 0 Å². The average Bonchev–Trinajstić information content (AvgIpc) is 1.85. The number of aromatic nitrogens is 1. The fourth-order valence-electron chi connectivity index (χ4n) is 0.649. The molecule has 1 rings (SSSR count). The summed E-state index contributed by atoms with van der Waals surface area (Å²) >= 11 is 0. The molecule has 1 aromatic heterocycles. The summed E-state index contributed by atoms with van der Waals surface area (Å²) < 4.78 is 35.0. The molecule has 0 saturated heterocycles. The molecule has 59 valence electrons. The molecule has 11 heavy (non-hydrogen) atoms. The van der Waals surface area contributed by atoms with Crippen molar-refractivity contribution >= 4 is 0 Å². The zero-order valence-electron chi connectivity index (χ0n) is 5.47. The van der Waals surface area contributed by atoms with Gasteiger partial charge in [0.1, 0.15) is 0 Å². The normalized spacial score (nSPS) is 11.5. The van der Waals surface area contributed by atoms with Gasteiger partial charge in [-0.25, -0.2) is 0 Å². The maximum absolute atomic E-state index is 11.7. The Labute approximate surface area is 61.9 Å². The minimum atomic E-state index is -4.25. The highest BCUT2D eigenvalue weighted by molar-refractivity contribution is 5.21. The maximum Gasteiger partial charge on any atom is 0.396 e. The summed E-state index contributed by atoms with van der Waals surface area (Å²) in [5, 5.41) is 0. The fourth-order valence-corrected chi connectivity index (χ4v) is 0.649. The molecule has 4 heteroatoms. The summed E-state index contributed by atoms with van der Waals surface area (Å²) in [5.74, 6) is 0. The summed E-state index contributed by atoms with van der Waals surface area (Å²) in [4.78, 5) is 3.59. The van der Waals surface area contributed by atoms with Gasteiger partial charge < -0.3 is 0 Å². The van der Waals surface area contributed by atoms with Crippen molar-refractivity contribution in [2.24, 2.45) is 0 Å². The molecule has 0 unspecified atom stereocenters. The van der Waals surface area contributed by atoms with Crippen molar-refractivity contribution in [3.05, 3.63) is 36.5 Å². The Bertz CT molecular complexity index is 217. The molecule has 0 spiro atoms. The third-order valence-electron chi connectivity index (χ3n) is 1.04. The SMILES string of the molecule is FC(F)(F)[CH]c1ccncc1. The van der Waals surface area contributed by atoms with Crippen LogP contribution in [0.1, 0.15) is 5.56 Å². The van der Waals surface area contributed by atoms with Crippen LogP contribution in [0.2, 0.25) is 0 Å². The lowest BCUT2D eigenvalue weighted by Gasteiger charge is -2.03. The Kier molecular flexibility index (Phi) is 2.12. The van der Waals surface area contributed by atoms with E-state index >= 15 is 0 Å². The lowest BCUT2D eigenvalue weighted by Crippen LogP contribution is -2.08. The van der Waals surface area contributed by atoms with Crippen molar-refractivity contribution in [2.45, 2.75) is 6.18 Å². The van der Waals surface area contributed by atoms with E-state index in [-0.39, 0.29) is 12.0 Å². The van der Waals surface area contributed by atoms with E-state index in [4.69, 9.17) is 0 Å². The summed E-state index contributed by atoms with van der Waals surface area (Å²) in [6.07, 6.45) is -1.38. The molecule has 1 aromatic rings. The first-order chi connectivity index (χ1) is 5.08. The Morgan fingerprint density at radius 3 is 2.18 bits per heavy atom. The van der Waals surface area contributed by atoms with Gasteiger partial charge in [0.2, 0.25) is 0 Å². The monoisotopic (exact) mass is 160 g/mol. The van der Waals surface area contributed by atoms with Gasteiger partial charge in [-0.15, -0.1) is 0 Å². The fraction of sp³-hybridized carbons (Fsp3) is 0.143. The maximum atomic E-state index is 11.7. The van der Waals surface area contributed by atoms with Crippen LogP contribution in [0, 0.1) is 6.42 Å². The van der Waals surface area contributed by atoms with E-state index in [0.717, 1.165) is 0 Å². The third kappa shape index (κ3) is 3.02. The topological polar surface area (TPSA) is 12.9 Å². The van der Waals surface area contributed by atoms with Gasteiger partial charge in [0.15, 0.2) is 0 Å². The van der Waals surface area contributed by atoms with Crippen LogP contribution < -0.4 is 0 Å². The van der Waals surface area contributed by atoms with Gasteiger partial charge in [0.05, 0.1) is 6.42 Å². The van der Waals surface area contributed by atoms with Gasteiger partial charge in [-0.05, 0) is 17.7 Å². The van der Waals surface area contributed by atoms with Crippen LogP contribution in [0.4, 0.5) is 13.2 Å². The first-order valence-corrected chi connectivity index (χ1v) is 2.90. The van der Waals surface area contributed by atoms with Crippen LogP contribution >= 0.6 is 0 Å². The number of alkyl halides is 3. The van der Waals surface area contributed by atoms with Crippen LogP contribution in [0.15, 0.2) is 24.5 Å². The van der Waals surface area contributed by atoms with Gasteiger partial charge in [-0.3, -0.25) is 4.98 Å². The largest absolute Gasteiger partial charge is 0.396 e. The molecule has 0 bridgehead atoms. The molecule has 0 amide bonds. The van der Waals surface area contributed by atoms with E-state index in [9.17, 15) is 13.2 Å². The molecule has 0 aliphatic carbocycles. The molecule has 0 aliphatic rings. The van der Waals surface area contributed by atoms with Gasteiger partial charge in [0.25, 0.3) is 0 Å². The molecule has 0 atom stereocenters. The molecule has 0 fully saturated rings. The van der Waals surface area contributed by atoms with Crippen LogP contribution in [0.5, 0.6) is 0 Å². The second kappa shape index (κ2) is 2.90. The molecule has 0 saturated carbocycles. The first kappa shape index (κ1) is 8.04. The van der Waals surface area contributed by atoms with Crippen molar-refractivity contribution < 1.29 is 13.2 Å². The van der Waals surface area contributed by atoms with Crippen LogP contribution in [-0.2, 0) is 0 Å². The second-order valence-corrected chi connectivity index (χ2v) is 1.97. The first-order valence-electron chi connectivity index (χ1n) is 2.90. The highest BCUT2D eigenvalue weighted by atomic mass is 19.4. The lowest BCUT2D eigenvalue weighted by atomic mass is 10.2. The summed E-state index contributed by atoms with van der Waals surface area (Å²) in [5.41, 5.74) is 0.118. The highest BCUT2D eigenvalue weighted by Crippen LogP contribution is 2.22. The van der Waals surface area contributed by atoms with E-state index in [1.807, 2.05) is 0 Å². The standard InChI is InChI=1S/C7H5F3N/c8-7(9,10)5-6-1-3-11-4-2-6/h1-5H. The van der Waals surface area contributed by atoms with Crippen LogP contribution in [0.3, 0.4) is 0 Å². The number of pyridine rings is 1. The summed E-state index contributed by atoms with van der Waals surface area (Å²) in [6.45, 7) is 0. The van der Waals surface area contributed by atoms with Crippen LogP contribution in [0.25, 0.3) is 0 Å². The molecule has 0 aliphatic heterocycles. The predicted octanol–water partition coefficient (Wildman–Crippen LogP) is 2.20. The zero-order valence-corrected chi connectivity index (χ0v) is 5.47. The number of hydrogen-bond donors (Lipinski definition) is 0. The molecule has 1 heterocycles. The van der Waals surface area contributed by atoms with E-state index < -0.39 is 6.18 Å². The van der Waals surface area contributed by atoms with Crippen molar-refractivity contribution in [2.75, 3.05) is 0 Å². The van der Waals surface area contributed by atoms with E-state index in [2.05, 4.69) is 4.98 Å². The molecule has 1 radical (unpaired) electrons. The third-order valence-corrected chi connectivity index (χ3v) is 1.04. The minimum Gasteiger partial charge on any atom is -0.265 e. The highest BCUT2D eigenvalue weighted by Gasteiger charge is 2.27. The summed E-state index contributed by atoms with van der Waals surface area (Å²) in [6, 6.07) is 2.60. The van der Waals surface area contributed by atoms with Gasteiger partial charge >= 0.3 is 6.18 Å². The van der Waals surface area contributed by atoms with Gasteiger partial charge in [0, 0.05) is 12.4 Å². The van der Waals surface area contributed by atoms with Gasteiger partial charge in [-0.2, -0.15) is 13.2 Å². The molecular formula is C7H5F3N. The number of rotatable bonds is 1. The molecule has 0 aromatic carbocycles. The molecule has 1 nitrogen and oxygen atoms in total. The van der Waals surface area contributed by atoms with E-state index in [1.54, 1.807) is 0 Å². The van der Waals surface area contributed by atoms with Crippen molar-refractivity contribution in [1.82, 2.24) is 4.98 Å². The predicted molar refractivity (Wildman–Crippen MR) is 33.7 cm³/mol. The number of hydrogen-bond acceptors (Lipinski definition) is 1. The Morgan fingerprint density at radius 1 is 1.18 bits per heavy atom. The summed E-state index contributed by atoms with van der Waals surface area (Å²) in [7, 11) is 0. The van der Waals surface area contributed by atoms with Crippen molar-refractivity contribution in [3.8, 4) is 0 Å². The van der Waals surface area contributed by atoms with E-state index in [1.165, 1.54) is 24.5 Å².